The van der Waals surface area contributed by atoms with Crippen LogP contribution in [0.1, 0.15) is 12.8 Å². The Morgan fingerprint density at radius 3 is 2.33 bits per heavy atom. The van der Waals surface area contributed by atoms with Crippen molar-refractivity contribution in [2.75, 3.05) is 19.5 Å². The van der Waals surface area contributed by atoms with Crippen LogP contribution < -0.4 is 0 Å². The highest BCUT2D eigenvalue weighted by Gasteiger charge is 2.27. The van der Waals surface area contributed by atoms with E-state index in [4.69, 9.17) is 4.74 Å². The number of rotatable bonds is 1. The molecule has 0 spiro atoms. The van der Waals surface area contributed by atoms with Gasteiger partial charge in [-0.15, -0.1) is 11.8 Å². The summed E-state index contributed by atoms with van der Waals surface area (Å²) >= 11 is 1.52. The molecule has 1 aliphatic heterocycles. The molecule has 1 aliphatic rings. The lowest BCUT2D eigenvalue weighted by Crippen LogP contribution is -2.32. The third kappa shape index (κ3) is 1.85. The molecule has 1 saturated heterocycles. The van der Waals surface area contributed by atoms with Gasteiger partial charge in [-0.25, -0.2) is 0 Å². The Morgan fingerprint density at radius 2 is 2.00 bits per heavy atom. The van der Waals surface area contributed by atoms with Gasteiger partial charge in [0.2, 0.25) is 0 Å². The summed E-state index contributed by atoms with van der Waals surface area (Å²) in [6, 6.07) is 0. The maximum Gasteiger partial charge on any atom is 0.114 e. The van der Waals surface area contributed by atoms with Crippen LogP contribution >= 0.6 is 11.8 Å². The average Bonchev–Trinajstić information content (AvgIpc) is 1.90. The number of aliphatic hydroxyl groups is 1. The third-order valence-corrected chi connectivity index (χ3v) is 2.82. The van der Waals surface area contributed by atoms with Gasteiger partial charge in [-0.05, 0) is 6.26 Å². The van der Waals surface area contributed by atoms with E-state index in [0.717, 1.165) is 12.8 Å². The largest absolute Gasteiger partial charge is 0.381 e. The minimum atomic E-state index is -0.488. The highest BCUT2D eigenvalue weighted by molar-refractivity contribution is 7.99. The molecule has 3 heteroatoms. The molecule has 1 heterocycles. The van der Waals surface area contributed by atoms with Crippen LogP contribution in [0.5, 0.6) is 0 Å². The Kier molecular flexibility index (Phi) is 2.38. The summed E-state index contributed by atoms with van der Waals surface area (Å²) in [5, 5.41) is 9.56. The van der Waals surface area contributed by atoms with Crippen molar-refractivity contribution in [3.8, 4) is 0 Å². The van der Waals surface area contributed by atoms with E-state index in [-0.39, 0.29) is 0 Å². The van der Waals surface area contributed by atoms with Crippen molar-refractivity contribution in [3.63, 3.8) is 0 Å². The van der Waals surface area contributed by atoms with E-state index in [9.17, 15) is 5.11 Å². The Balaban J connectivity index is 2.37. The van der Waals surface area contributed by atoms with Gasteiger partial charge in [0, 0.05) is 12.8 Å². The molecule has 0 bridgehead atoms. The monoisotopic (exact) mass is 148 g/mol. The zero-order chi connectivity index (χ0) is 6.74. The second-order valence-electron chi connectivity index (χ2n) is 2.26. The predicted octanol–water partition coefficient (Wildman–Crippen LogP) is 0.848. The van der Waals surface area contributed by atoms with E-state index in [0.29, 0.717) is 13.2 Å². The first-order valence-electron chi connectivity index (χ1n) is 3.12. The SMILES string of the molecule is CSC1(O)CCOCC1. The molecule has 1 fully saturated rings. The standard InChI is InChI=1S/C6H12O2S/c1-9-6(7)2-4-8-5-3-6/h7H,2-5H2,1H3. The van der Waals surface area contributed by atoms with Crippen LogP contribution in [0.3, 0.4) is 0 Å². The highest BCUT2D eigenvalue weighted by atomic mass is 32.2. The second-order valence-corrected chi connectivity index (χ2v) is 3.43. The Morgan fingerprint density at radius 1 is 1.44 bits per heavy atom. The van der Waals surface area contributed by atoms with Gasteiger partial charge in [-0.2, -0.15) is 0 Å². The van der Waals surface area contributed by atoms with Crippen molar-refractivity contribution in [2.24, 2.45) is 0 Å². The molecule has 0 aromatic heterocycles. The molecule has 0 aromatic carbocycles. The quantitative estimate of drug-likeness (QED) is 0.559. The predicted molar refractivity (Wildman–Crippen MR) is 38.5 cm³/mol. The summed E-state index contributed by atoms with van der Waals surface area (Å²) in [5.41, 5.74) is 0. The summed E-state index contributed by atoms with van der Waals surface area (Å²) in [5.74, 6) is 0. The molecular formula is C6H12O2S. The van der Waals surface area contributed by atoms with Crippen molar-refractivity contribution in [1.29, 1.82) is 0 Å². The van der Waals surface area contributed by atoms with Crippen LogP contribution in [0.25, 0.3) is 0 Å². The van der Waals surface area contributed by atoms with E-state index in [1.807, 2.05) is 6.26 Å². The smallest absolute Gasteiger partial charge is 0.114 e. The highest BCUT2D eigenvalue weighted by Crippen LogP contribution is 2.29. The van der Waals surface area contributed by atoms with Gasteiger partial charge in [0.05, 0.1) is 13.2 Å². The van der Waals surface area contributed by atoms with Gasteiger partial charge < -0.3 is 9.84 Å². The normalized spacial score (nSPS) is 26.0. The fraction of sp³-hybridized carbons (Fsp3) is 1.00. The third-order valence-electron chi connectivity index (χ3n) is 1.65. The Hall–Kier alpha value is 0.270. The molecule has 0 aliphatic carbocycles. The molecule has 0 saturated carbocycles. The van der Waals surface area contributed by atoms with Crippen molar-refractivity contribution >= 4 is 11.8 Å². The molecule has 0 amide bonds. The number of hydrogen-bond acceptors (Lipinski definition) is 3. The molecule has 0 aromatic rings. The van der Waals surface area contributed by atoms with Crippen LogP contribution in [0.15, 0.2) is 0 Å². The maximum atomic E-state index is 9.56. The summed E-state index contributed by atoms with van der Waals surface area (Å²) in [4.78, 5) is -0.488. The lowest BCUT2D eigenvalue weighted by atomic mass is 10.1. The van der Waals surface area contributed by atoms with Gasteiger partial charge in [0.15, 0.2) is 0 Å². The lowest BCUT2D eigenvalue weighted by Gasteiger charge is -2.29. The molecule has 1 N–H and O–H groups in total. The van der Waals surface area contributed by atoms with Gasteiger partial charge in [0.1, 0.15) is 4.93 Å². The van der Waals surface area contributed by atoms with Crippen molar-refractivity contribution in [2.45, 2.75) is 17.8 Å². The molecule has 0 radical (unpaired) electrons. The van der Waals surface area contributed by atoms with Gasteiger partial charge >= 0.3 is 0 Å². The molecule has 0 unspecified atom stereocenters. The van der Waals surface area contributed by atoms with Gasteiger partial charge in [0.25, 0.3) is 0 Å². The van der Waals surface area contributed by atoms with Crippen molar-refractivity contribution in [3.05, 3.63) is 0 Å². The van der Waals surface area contributed by atoms with Crippen LogP contribution in [0.2, 0.25) is 0 Å². The molecule has 54 valence electrons. The Labute approximate surface area is 59.6 Å². The average molecular weight is 148 g/mol. The summed E-state index contributed by atoms with van der Waals surface area (Å²) < 4.78 is 5.09. The van der Waals surface area contributed by atoms with E-state index in [2.05, 4.69) is 0 Å². The second kappa shape index (κ2) is 2.90. The maximum absolute atomic E-state index is 9.56. The van der Waals surface area contributed by atoms with Gasteiger partial charge in [-0.3, -0.25) is 0 Å². The zero-order valence-electron chi connectivity index (χ0n) is 5.59. The minimum Gasteiger partial charge on any atom is -0.381 e. The van der Waals surface area contributed by atoms with Crippen LogP contribution in [0, 0.1) is 0 Å². The van der Waals surface area contributed by atoms with Crippen LogP contribution in [0.4, 0.5) is 0 Å². The fourth-order valence-corrected chi connectivity index (χ4v) is 1.47. The van der Waals surface area contributed by atoms with E-state index < -0.39 is 4.93 Å². The first-order chi connectivity index (χ1) is 4.27. The molecular weight excluding hydrogens is 136 g/mol. The van der Waals surface area contributed by atoms with E-state index >= 15 is 0 Å². The summed E-state index contributed by atoms with van der Waals surface area (Å²) in [6.45, 7) is 1.41. The molecule has 0 atom stereocenters. The van der Waals surface area contributed by atoms with Crippen LogP contribution in [-0.4, -0.2) is 29.5 Å². The fourth-order valence-electron chi connectivity index (χ4n) is 0.894. The Bertz CT molecular complexity index is 89.1. The number of thioether (sulfide) groups is 1. The number of hydrogen-bond donors (Lipinski definition) is 1. The lowest BCUT2D eigenvalue weighted by molar-refractivity contribution is -0.00574. The molecule has 2 nitrogen and oxygen atoms in total. The van der Waals surface area contributed by atoms with E-state index in [1.165, 1.54) is 11.8 Å². The number of ether oxygens (including phenoxy) is 1. The van der Waals surface area contributed by atoms with E-state index in [1.54, 1.807) is 0 Å². The summed E-state index contributed by atoms with van der Waals surface area (Å²) in [7, 11) is 0. The molecule has 1 rings (SSSR count). The topological polar surface area (TPSA) is 29.5 Å². The van der Waals surface area contributed by atoms with Crippen molar-refractivity contribution in [1.82, 2.24) is 0 Å². The molecule has 9 heavy (non-hydrogen) atoms. The zero-order valence-corrected chi connectivity index (χ0v) is 6.41. The summed E-state index contributed by atoms with van der Waals surface area (Å²) in [6.07, 6.45) is 3.48. The van der Waals surface area contributed by atoms with Gasteiger partial charge in [-0.1, -0.05) is 0 Å². The van der Waals surface area contributed by atoms with Crippen LogP contribution in [-0.2, 0) is 4.74 Å². The van der Waals surface area contributed by atoms with Crippen molar-refractivity contribution < 1.29 is 9.84 Å². The first kappa shape index (κ1) is 7.38. The minimum absolute atomic E-state index is 0.488. The first-order valence-corrected chi connectivity index (χ1v) is 4.35.